The van der Waals surface area contributed by atoms with Crippen molar-refractivity contribution in [3.8, 4) is 5.75 Å². The number of ether oxygens (including phenoxy) is 1. The van der Waals surface area contributed by atoms with Crippen LogP contribution in [0.1, 0.15) is 28.4 Å². The van der Waals surface area contributed by atoms with E-state index in [4.69, 9.17) is 10.5 Å². The van der Waals surface area contributed by atoms with Crippen LogP contribution in [0.25, 0.3) is 0 Å². The van der Waals surface area contributed by atoms with Gasteiger partial charge in [0.1, 0.15) is 5.75 Å². The van der Waals surface area contributed by atoms with E-state index in [0.29, 0.717) is 12.1 Å². The Labute approximate surface area is 137 Å². The van der Waals surface area contributed by atoms with Crippen LogP contribution < -0.4 is 10.5 Å². The number of rotatable bonds is 6. The van der Waals surface area contributed by atoms with Crippen molar-refractivity contribution in [2.45, 2.75) is 25.9 Å². The molecule has 23 heavy (non-hydrogen) atoms. The maximum Gasteiger partial charge on any atom is 0.253 e. The predicted octanol–water partition coefficient (Wildman–Crippen LogP) is 2.86. The Kier molecular flexibility index (Phi) is 5.77. The molecule has 0 aliphatic heterocycles. The lowest BCUT2D eigenvalue weighted by molar-refractivity contribution is 0.0743. The van der Waals surface area contributed by atoms with Crippen LogP contribution in [-0.4, -0.2) is 31.0 Å². The SMILES string of the molecule is COc1ccccc1CC(C)N(C)C(=O)c1ccc(CN)cc1. The first-order valence-corrected chi connectivity index (χ1v) is 7.75. The van der Waals surface area contributed by atoms with Gasteiger partial charge in [0.2, 0.25) is 0 Å². The van der Waals surface area contributed by atoms with Crippen molar-refractivity contribution < 1.29 is 9.53 Å². The lowest BCUT2D eigenvalue weighted by Crippen LogP contribution is -2.36. The molecular formula is C19H24N2O2. The standard InChI is InChI=1S/C19H24N2O2/c1-14(12-17-6-4-5-7-18(17)23-3)21(2)19(22)16-10-8-15(13-20)9-11-16/h4-11,14H,12-13,20H2,1-3H3. The van der Waals surface area contributed by atoms with Crippen molar-refractivity contribution in [2.75, 3.05) is 14.2 Å². The van der Waals surface area contributed by atoms with Crippen molar-refractivity contribution in [1.82, 2.24) is 4.90 Å². The van der Waals surface area contributed by atoms with E-state index in [-0.39, 0.29) is 11.9 Å². The second-order valence-electron chi connectivity index (χ2n) is 5.68. The van der Waals surface area contributed by atoms with E-state index in [1.54, 1.807) is 12.0 Å². The lowest BCUT2D eigenvalue weighted by Gasteiger charge is -2.26. The Morgan fingerprint density at radius 2 is 1.83 bits per heavy atom. The molecule has 0 aliphatic carbocycles. The number of nitrogens with two attached hydrogens (primary N) is 1. The number of methoxy groups -OCH3 is 1. The minimum atomic E-state index is 0.0102. The van der Waals surface area contributed by atoms with Crippen LogP contribution in [-0.2, 0) is 13.0 Å². The molecule has 0 radical (unpaired) electrons. The number of carbonyl (C=O) groups is 1. The van der Waals surface area contributed by atoms with Gasteiger partial charge < -0.3 is 15.4 Å². The average molecular weight is 312 g/mol. The molecule has 0 saturated heterocycles. The summed E-state index contributed by atoms with van der Waals surface area (Å²) in [6.45, 7) is 2.52. The molecule has 1 amide bonds. The summed E-state index contributed by atoms with van der Waals surface area (Å²) >= 11 is 0. The molecule has 0 aliphatic rings. The fourth-order valence-electron chi connectivity index (χ4n) is 2.51. The molecule has 0 aromatic heterocycles. The summed E-state index contributed by atoms with van der Waals surface area (Å²) < 4.78 is 5.38. The maximum atomic E-state index is 12.6. The fraction of sp³-hybridized carbons (Fsp3) is 0.316. The topological polar surface area (TPSA) is 55.6 Å². The molecule has 122 valence electrons. The molecule has 1 atom stereocenters. The monoisotopic (exact) mass is 312 g/mol. The Bertz CT molecular complexity index is 653. The van der Waals surface area contributed by atoms with Crippen LogP contribution in [0.2, 0.25) is 0 Å². The molecule has 0 bridgehead atoms. The number of nitrogens with zero attached hydrogens (tertiary/aromatic N) is 1. The number of hydrogen-bond donors (Lipinski definition) is 1. The smallest absolute Gasteiger partial charge is 0.253 e. The Balaban J connectivity index is 2.08. The summed E-state index contributed by atoms with van der Waals surface area (Å²) in [5, 5.41) is 0. The normalized spacial score (nSPS) is 11.8. The Hall–Kier alpha value is -2.33. The number of para-hydroxylation sites is 1. The summed E-state index contributed by atoms with van der Waals surface area (Å²) in [4.78, 5) is 14.4. The van der Waals surface area contributed by atoms with E-state index < -0.39 is 0 Å². The van der Waals surface area contributed by atoms with E-state index >= 15 is 0 Å². The van der Waals surface area contributed by atoms with Crippen LogP contribution in [0.15, 0.2) is 48.5 Å². The third kappa shape index (κ3) is 4.11. The second-order valence-corrected chi connectivity index (χ2v) is 5.68. The van der Waals surface area contributed by atoms with Gasteiger partial charge in [-0.25, -0.2) is 0 Å². The van der Waals surface area contributed by atoms with Gasteiger partial charge in [0.15, 0.2) is 0 Å². The first-order chi connectivity index (χ1) is 11.1. The average Bonchev–Trinajstić information content (AvgIpc) is 2.61. The van der Waals surface area contributed by atoms with Crippen LogP contribution in [0.4, 0.5) is 0 Å². The molecule has 0 heterocycles. The highest BCUT2D eigenvalue weighted by Gasteiger charge is 2.19. The van der Waals surface area contributed by atoms with E-state index in [2.05, 4.69) is 0 Å². The molecule has 4 heteroatoms. The number of amides is 1. The van der Waals surface area contributed by atoms with Crippen LogP contribution in [0.5, 0.6) is 5.75 Å². The lowest BCUT2D eigenvalue weighted by atomic mass is 10.0. The second kappa shape index (κ2) is 7.79. The number of benzene rings is 2. The molecule has 2 aromatic carbocycles. The third-order valence-electron chi connectivity index (χ3n) is 4.13. The Morgan fingerprint density at radius 1 is 1.17 bits per heavy atom. The molecule has 2 rings (SSSR count). The van der Waals surface area contributed by atoms with E-state index in [1.165, 1.54) is 0 Å². The molecule has 2 aromatic rings. The van der Waals surface area contributed by atoms with Gasteiger partial charge in [-0.3, -0.25) is 4.79 Å². The molecule has 0 fully saturated rings. The van der Waals surface area contributed by atoms with Gasteiger partial charge in [-0.05, 0) is 42.7 Å². The molecule has 1 unspecified atom stereocenters. The van der Waals surface area contributed by atoms with E-state index in [1.807, 2.05) is 62.5 Å². The summed E-state index contributed by atoms with van der Waals surface area (Å²) in [5.74, 6) is 0.864. The number of hydrogen-bond acceptors (Lipinski definition) is 3. The molecule has 4 nitrogen and oxygen atoms in total. The van der Waals surface area contributed by atoms with Gasteiger partial charge in [0, 0.05) is 25.2 Å². The highest BCUT2D eigenvalue weighted by atomic mass is 16.5. The van der Waals surface area contributed by atoms with E-state index in [9.17, 15) is 4.79 Å². The summed E-state index contributed by atoms with van der Waals surface area (Å²) in [6.07, 6.45) is 0.743. The van der Waals surface area contributed by atoms with Crippen molar-refractivity contribution in [3.63, 3.8) is 0 Å². The van der Waals surface area contributed by atoms with Gasteiger partial charge in [-0.2, -0.15) is 0 Å². The van der Waals surface area contributed by atoms with Crippen LogP contribution >= 0.6 is 0 Å². The fourth-order valence-corrected chi connectivity index (χ4v) is 2.51. The number of carbonyl (C=O) groups excluding carboxylic acids is 1. The van der Waals surface area contributed by atoms with Gasteiger partial charge in [-0.1, -0.05) is 30.3 Å². The maximum absolute atomic E-state index is 12.6. The molecule has 2 N–H and O–H groups in total. The highest BCUT2D eigenvalue weighted by Crippen LogP contribution is 2.21. The predicted molar refractivity (Wildman–Crippen MR) is 92.6 cm³/mol. The van der Waals surface area contributed by atoms with Gasteiger partial charge >= 0.3 is 0 Å². The molecule has 0 saturated carbocycles. The largest absolute Gasteiger partial charge is 0.496 e. The van der Waals surface area contributed by atoms with Crippen LogP contribution in [0, 0.1) is 0 Å². The summed E-state index contributed by atoms with van der Waals surface area (Å²) in [6, 6.07) is 15.4. The zero-order valence-electron chi connectivity index (χ0n) is 14.0. The Morgan fingerprint density at radius 3 is 2.43 bits per heavy atom. The quantitative estimate of drug-likeness (QED) is 0.892. The van der Waals surface area contributed by atoms with E-state index in [0.717, 1.165) is 23.3 Å². The zero-order chi connectivity index (χ0) is 16.8. The first-order valence-electron chi connectivity index (χ1n) is 7.75. The molecular weight excluding hydrogens is 288 g/mol. The van der Waals surface area contributed by atoms with Crippen LogP contribution in [0.3, 0.4) is 0 Å². The summed E-state index contributed by atoms with van der Waals surface area (Å²) in [7, 11) is 3.50. The third-order valence-corrected chi connectivity index (χ3v) is 4.13. The van der Waals surface area contributed by atoms with Gasteiger partial charge in [0.05, 0.1) is 7.11 Å². The van der Waals surface area contributed by atoms with Crippen molar-refractivity contribution >= 4 is 5.91 Å². The molecule has 0 spiro atoms. The minimum absolute atomic E-state index is 0.0102. The van der Waals surface area contributed by atoms with Crippen molar-refractivity contribution in [3.05, 3.63) is 65.2 Å². The van der Waals surface area contributed by atoms with Gasteiger partial charge in [-0.15, -0.1) is 0 Å². The minimum Gasteiger partial charge on any atom is -0.496 e. The van der Waals surface area contributed by atoms with Crippen molar-refractivity contribution in [1.29, 1.82) is 0 Å². The first kappa shape index (κ1) is 17.0. The summed E-state index contributed by atoms with van der Waals surface area (Å²) in [5.41, 5.74) is 8.38. The highest BCUT2D eigenvalue weighted by molar-refractivity contribution is 5.94. The number of likely N-dealkylation sites (N-methyl/N-ethyl adjacent to an activating group) is 1. The van der Waals surface area contributed by atoms with Gasteiger partial charge in [0.25, 0.3) is 5.91 Å². The zero-order valence-corrected chi connectivity index (χ0v) is 14.0. The van der Waals surface area contributed by atoms with Crippen molar-refractivity contribution in [2.24, 2.45) is 5.73 Å².